The van der Waals surface area contributed by atoms with Crippen LogP contribution in [-0.2, 0) is 4.74 Å². The van der Waals surface area contributed by atoms with Gasteiger partial charge >= 0.3 is 0 Å². The Hall–Kier alpha value is -0.120. The second kappa shape index (κ2) is 7.21. The van der Waals surface area contributed by atoms with Crippen molar-refractivity contribution in [3.8, 4) is 0 Å². The summed E-state index contributed by atoms with van der Waals surface area (Å²) >= 11 is 0. The van der Waals surface area contributed by atoms with Crippen LogP contribution in [0.3, 0.4) is 0 Å². The van der Waals surface area contributed by atoms with Crippen LogP contribution in [0.1, 0.15) is 32.6 Å². The zero-order valence-electron chi connectivity index (χ0n) is 9.24. The lowest BCUT2D eigenvalue weighted by atomic mass is 10.2. The van der Waals surface area contributed by atoms with E-state index in [1.807, 2.05) is 0 Å². The Morgan fingerprint density at radius 2 is 2.21 bits per heavy atom. The molecule has 1 unspecified atom stereocenters. The van der Waals surface area contributed by atoms with Crippen LogP contribution in [0.15, 0.2) is 0 Å². The molecule has 0 amide bonds. The topological polar surface area (TPSA) is 32.7 Å². The molecular weight excluding hydrogens is 178 g/mol. The molecule has 1 saturated heterocycles. The number of aliphatic hydroxyl groups excluding tert-OH is 1. The number of rotatable bonds is 7. The van der Waals surface area contributed by atoms with Crippen molar-refractivity contribution in [1.29, 1.82) is 0 Å². The molecule has 1 atom stereocenters. The fraction of sp³-hybridized carbons (Fsp3) is 1.00. The van der Waals surface area contributed by atoms with Crippen LogP contribution >= 0.6 is 0 Å². The van der Waals surface area contributed by atoms with Crippen molar-refractivity contribution in [2.75, 3.05) is 32.8 Å². The van der Waals surface area contributed by atoms with Crippen LogP contribution in [0.2, 0.25) is 0 Å². The molecule has 1 rings (SSSR count). The van der Waals surface area contributed by atoms with E-state index in [1.54, 1.807) is 0 Å². The van der Waals surface area contributed by atoms with E-state index in [9.17, 15) is 0 Å². The molecule has 0 radical (unpaired) electrons. The zero-order chi connectivity index (χ0) is 10.2. The maximum atomic E-state index is 8.88. The Kier molecular flexibility index (Phi) is 6.15. The molecule has 84 valence electrons. The first-order chi connectivity index (χ1) is 6.86. The van der Waals surface area contributed by atoms with Crippen molar-refractivity contribution < 1.29 is 9.84 Å². The van der Waals surface area contributed by atoms with Crippen molar-refractivity contribution >= 4 is 0 Å². The maximum Gasteiger partial charge on any atom is 0.0588 e. The summed E-state index contributed by atoms with van der Waals surface area (Å²) in [7, 11) is 0. The first kappa shape index (κ1) is 12.0. The van der Waals surface area contributed by atoms with E-state index in [1.165, 1.54) is 12.8 Å². The van der Waals surface area contributed by atoms with E-state index in [0.29, 0.717) is 6.10 Å². The summed E-state index contributed by atoms with van der Waals surface area (Å²) in [6.07, 6.45) is 5.20. The highest BCUT2D eigenvalue weighted by Crippen LogP contribution is 2.15. The molecule has 14 heavy (non-hydrogen) atoms. The summed E-state index contributed by atoms with van der Waals surface area (Å²) in [5.41, 5.74) is 0. The molecule has 0 bridgehead atoms. The molecule has 1 fully saturated rings. The predicted octanol–water partition coefficient (Wildman–Crippen LogP) is 1.26. The molecule has 0 spiro atoms. The van der Waals surface area contributed by atoms with Crippen LogP contribution in [0, 0.1) is 0 Å². The second-order valence-electron chi connectivity index (χ2n) is 3.99. The van der Waals surface area contributed by atoms with Crippen LogP contribution < -0.4 is 0 Å². The van der Waals surface area contributed by atoms with Gasteiger partial charge in [-0.15, -0.1) is 0 Å². The lowest BCUT2D eigenvalue weighted by molar-refractivity contribution is 0.0885. The molecule has 0 saturated carbocycles. The minimum absolute atomic E-state index is 0.269. The van der Waals surface area contributed by atoms with E-state index in [0.717, 1.165) is 39.1 Å². The summed E-state index contributed by atoms with van der Waals surface area (Å²) < 4.78 is 5.57. The standard InChI is InChI=1S/C11H23NO2/c1-2-6-12(8-9-13)7-5-11-4-3-10-14-11/h11,13H,2-10H2,1H3. The van der Waals surface area contributed by atoms with E-state index in [-0.39, 0.29) is 6.61 Å². The smallest absolute Gasteiger partial charge is 0.0588 e. The minimum Gasteiger partial charge on any atom is -0.395 e. The van der Waals surface area contributed by atoms with Gasteiger partial charge in [-0.2, -0.15) is 0 Å². The van der Waals surface area contributed by atoms with Gasteiger partial charge in [-0.3, -0.25) is 0 Å². The van der Waals surface area contributed by atoms with Gasteiger partial charge in [0.2, 0.25) is 0 Å². The van der Waals surface area contributed by atoms with Crippen molar-refractivity contribution in [2.45, 2.75) is 38.7 Å². The van der Waals surface area contributed by atoms with Crippen molar-refractivity contribution in [1.82, 2.24) is 4.90 Å². The van der Waals surface area contributed by atoms with Gasteiger partial charge in [-0.05, 0) is 32.2 Å². The highest BCUT2D eigenvalue weighted by atomic mass is 16.5. The monoisotopic (exact) mass is 201 g/mol. The Labute approximate surface area is 87.1 Å². The van der Waals surface area contributed by atoms with Crippen LogP contribution in [0.4, 0.5) is 0 Å². The summed E-state index contributed by atoms with van der Waals surface area (Å²) in [6, 6.07) is 0. The first-order valence-electron chi connectivity index (χ1n) is 5.81. The lowest BCUT2D eigenvalue weighted by Gasteiger charge is -2.21. The minimum atomic E-state index is 0.269. The predicted molar refractivity (Wildman–Crippen MR) is 57.4 cm³/mol. The van der Waals surface area contributed by atoms with Gasteiger partial charge < -0.3 is 14.7 Å². The third-order valence-electron chi connectivity index (χ3n) is 2.75. The van der Waals surface area contributed by atoms with Crippen LogP contribution in [-0.4, -0.2) is 49.0 Å². The van der Waals surface area contributed by atoms with Gasteiger partial charge in [0.1, 0.15) is 0 Å². The summed E-state index contributed by atoms with van der Waals surface area (Å²) in [5.74, 6) is 0. The molecule has 1 aliphatic heterocycles. The number of hydrogen-bond donors (Lipinski definition) is 1. The van der Waals surface area contributed by atoms with Crippen LogP contribution in [0.25, 0.3) is 0 Å². The highest BCUT2D eigenvalue weighted by molar-refractivity contribution is 4.67. The fourth-order valence-electron chi connectivity index (χ4n) is 1.99. The van der Waals surface area contributed by atoms with Gasteiger partial charge in [0.25, 0.3) is 0 Å². The largest absolute Gasteiger partial charge is 0.395 e. The molecule has 0 aliphatic carbocycles. The SMILES string of the molecule is CCCN(CCO)CCC1CCCO1. The summed E-state index contributed by atoms with van der Waals surface area (Å²) in [4.78, 5) is 2.32. The normalized spacial score (nSPS) is 22.1. The third-order valence-corrected chi connectivity index (χ3v) is 2.75. The fourth-order valence-corrected chi connectivity index (χ4v) is 1.99. The van der Waals surface area contributed by atoms with Gasteiger partial charge in [-0.25, -0.2) is 0 Å². The van der Waals surface area contributed by atoms with Crippen molar-refractivity contribution in [2.24, 2.45) is 0 Å². The number of nitrogens with zero attached hydrogens (tertiary/aromatic N) is 1. The maximum absolute atomic E-state index is 8.88. The Morgan fingerprint density at radius 1 is 1.36 bits per heavy atom. The van der Waals surface area contributed by atoms with E-state index < -0.39 is 0 Å². The van der Waals surface area contributed by atoms with Gasteiger partial charge in [0.15, 0.2) is 0 Å². The quantitative estimate of drug-likeness (QED) is 0.673. The third kappa shape index (κ3) is 4.40. The number of hydrogen-bond acceptors (Lipinski definition) is 3. The van der Waals surface area contributed by atoms with E-state index in [2.05, 4.69) is 11.8 Å². The molecular formula is C11H23NO2. The van der Waals surface area contributed by atoms with Gasteiger partial charge in [0, 0.05) is 19.7 Å². The van der Waals surface area contributed by atoms with E-state index >= 15 is 0 Å². The molecule has 1 N–H and O–H groups in total. The van der Waals surface area contributed by atoms with Crippen molar-refractivity contribution in [3.63, 3.8) is 0 Å². The van der Waals surface area contributed by atoms with Crippen LogP contribution in [0.5, 0.6) is 0 Å². The first-order valence-corrected chi connectivity index (χ1v) is 5.81. The Balaban J connectivity index is 2.10. The van der Waals surface area contributed by atoms with Gasteiger partial charge in [-0.1, -0.05) is 6.92 Å². The summed E-state index contributed by atoms with van der Waals surface area (Å²) in [5, 5.41) is 8.88. The molecule has 0 aromatic heterocycles. The number of aliphatic hydroxyl groups is 1. The molecule has 3 nitrogen and oxygen atoms in total. The highest BCUT2D eigenvalue weighted by Gasteiger charge is 2.16. The zero-order valence-corrected chi connectivity index (χ0v) is 9.24. The van der Waals surface area contributed by atoms with Crippen molar-refractivity contribution in [3.05, 3.63) is 0 Å². The molecule has 0 aromatic carbocycles. The molecule has 3 heteroatoms. The van der Waals surface area contributed by atoms with Gasteiger partial charge in [0.05, 0.1) is 12.7 Å². The second-order valence-corrected chi connectivity index (χ2v) is 3.99. The average molecular weight is 201 g/mol. The molecule has 1 heterocycles. The Bertz CT molecular complexity index is 129. The Morgan fingerprint density at radius 3 is 2.79 bits per heavy atom. The summed E-state index contributed by atoms with van der Waals surface area (Å²) in [6.45, 7) is 6.35. The molecule has 0 aromatic rings. The van der Waals surface area contributed by atoms with E-state index in [4.69, 9.17) is 9.84 Å². The lowest BCUT2D eigenvalue weighted by Crippen LogP contribution is -2.30. The number of ether oxygens (including phenoxy) is 1. The molecule has 1 aliphatic rings. The average Bonchev–Trinajstić information content (AvgIpc) is 2.67.